The number of aliphatic hydroxyl groups is 1. The second-order valence-corrected chi connectivity index (χ2v) is 10.7. The minimum atomic E-state index is -5.76. The van der Waals surface area contributed by atoms with Crippen molar-refractivity contribution < 1.29 is 70.2 Å². The number of hydrogen-bond donors (Lipinski definition) is 5. The lowest BCUT2D eigenvalue weighted by atomic mass is 9.97. The van der Waals surface area contributed by atoms with E-state index in [1.807, 2.05) is 0 Å². The molecule has 0 aromatic heterocycles. The Hall–Kier alpha value is -0.860. The summed E-state index contributed by atoms with van der Waals surface area (Å²) in [5.74, 6) is -1.38. The van der Waals surface area contributed by atoms with Gasteiger partial charge in [-0.25, -0.2) is 18.1 Å². The predicted octanol–water partition coefficient (Wildman–Crippen LogP) is -0.541. The molecule has 172 valence electrons. The van der Waals surface area contributed by atoms with Gasteiger partial charge in [0.1, 0.15) is 12.2 Å². The summed E-state index contributed by atoms with van der Waals surface area (Å²) in [5, 5.41) is 10.1. The number of nitrogens with zero attached hydrogens (tertiary/aromatic N) is 1. The summed E-state index contributed by atoms with van der Waals surface area (Å²) >= 11 is 0. The van der Waals surface area contributed by atoms with Crippen molar-refractivity contribution in [3.63, 3.8) is 0 Å². The number of ether oxygens (including phenoxy) is 1. The lowest BCUT2D eigenvalue weighted by Gasteiger charge is -2.32. The molecule has 0 radical (unpaired) electrons. The molecule has 2 aliphatic rings. The number of phosphoric ester groups is 1. The maximum atomic E-state index is 15.0. The average Bonchev–Trinajstić information content (AvgIpc) is 2.73. The largest absolute Gasteiger partial charge is 0.490 e. The summed E-state index contributed by atoms with van der Waals surface area (Å²) in [5.41, 5.74) is -2.63. The molecule has 0 aromatic carbocycles. The SMILES string of the molecule is C[C@@]1(F)[C@H](O)[C@@H](COP(=O)(O)OP(=O)(O)OP(=O)(O)O)O[C@H]1N1C=CC(=O)CC1=O. The van der Waals surface area contributed by atoms with Gasteiger partial charge in [0, 0.05) is 6.20 Å². The first kappa shape index (κ1) is 25.4. The van der Waals surface area contributed by atoms with E-state index in [0.29, 0.717) is 4.90 Å². The Kier molecular flexibility index (Phi) is 7.27. The number of rotatable bonds is 8. The van der Waals surface area contributed by atoms with Crippen LogP contribution in [-0.2, 0) is 41.2 Å². The molecule has 0 saturated carbocycles. The number of allylic oxidation sites excluding steroid dienone is 1. The minimum Gasteiger partial charge on any atom is -0.387 e. The number of halogens is 1. The fraction of sp³-hybridized carbons (Fsp3) is 0.636. The molecule has 0 bridgehead atoms. The lowest BCUT2D eigenvalue weighted by molar-refractivity contribution is -0.150. The summed E-state index contributed by atoms with van der Waals surface area (Å²) in [4.78, 5) is 59.2. The topological polar surface area (TPSA) is 227 Å². The van der Waals surface area contributed by atoms with Crippen LogP contribution in [0.4, 0.5) is 4.39 Å². The molecule has 5 N–H and O–H groups in total. The summed E-state index contributed by atoms with van der Waals surface area (Å²) in [6.07, 6.45) is -4.14. The van der Waals surface area contributed by atoms with Gasteiger partial charge in [0.05, 0.1) is 13.0 Å². The van der Waals surface area contributed by atoms with Gasteiger partial charge in [-0.1, -0.05) is 0 Å². The van der Waals surface area contributed by atoms with E-state index < -0.39 is 72.3 Å². The highest BCUT2D eigenvalue weighted by Crippen LogP contribution is 2.66. The van der Waals surface area contributed by atoms with E-state index in [9.17, 15) is 37.7 Å². The highest BCUT2D eigenvalue weighted by Gasteiger charge is 2.57. The van der Waals surface area contributed by atoms with Crippen LogP contribution in [0, 0.1) is 0 Å². The van der Waals surface area contributed by atoms with Crippen LogP contribution in [0.25, 0.3) is 0 Å². The van der Waals surface area contributed by atoms with Gasteiger partial charge in [0.25, 0.3) is 0 Å². The highest BCUT2D eigenvalue weighted by atomic mass is 31.3. The van der Waals surface area contributed by atoms with Gasteiger partial charge in [0.2, 0.25) is 5.91 Å². The van der Waals surface area contributed by atoms with E-state index in [0.717, 1.165) is 19.2 Å². The van der Waals surface area contributed by atoms with Crippen molar-refractivity contribution in [3.05, 3.63) is 12.3 Å². The smallest absolute Gasteiger partial charge is 0.387 e. The van der Waals surface area contributed by atoms with E-state index in [-0.39, 0.29) is 0 Å². The average molecular weight is 499 g/mol. The van der Waals surface area contributed by atoms with Gasteiger partial charge in [-0.15, -0.1) is 0 Å². The van der Waals surface area contributed by atoms with Crippen LogP contribution in [0.1, 0.15) is 13.3 Å². The van der Waals surface area contributed by atoms with Crippen molar-refractivity contribution in [2.75, 3.05) is 6.61 Å². The standard InChI is InChI=1S/C11H17FNO14P3/c1-11(12)9(16)7(25-10(11)13-3-2-6(14)4-8(13)15)5-24-29(20,21)27-30(22,23)26-28(17,18)19/h2-3,7,9-10,16H,4-5H2,1H3,(H,20,21)(H,22,23)(H2,17,18,19)/t7-,9-,10-,11-/m1/s1. The van der Waals surface area contributed by atoms with Crippen LogP contribution in [0.2, 0.25) is 0 Å². The number of alkyl halides is 1. The van der Waals surface area contributed by atoms with Crippen molar-refractivity contribution in [1.29, 1.82) is 0 Å². The van der Waals surface area contributed by atoms with Crippen molar-refractivity contribution in [2.45, 2.75) is 37.4 Å². The van der Waals surface area contributed by atoms with E-state index >= 15 is 0 Å². The molecule has 2 heterocycles. The Bertz CT molecular complexity index is 884. The van der Waals surface area contributed by atoms with Crippen molar-refractivity contribution in [2.24, 2.45) is 0 Å². The molecule has 0 spiro atoms. The summed E-state index contributed by atoms with van der Waals surface area (Å²) in [6, 6.07) is 0. The third-order valence-electron chi connectivity index (χ3n) is 3.82. The normalized spacial score (nSPS) is 34.1. The van der Waals surface area contributed by atoms with Crippen LogP contribution in [0.3, 0.4) is 0 Å². The zero-order chi connectivity index (χ0) is 23.1. The predicted molar refractivity (Wildman–Crippen MR) is 89.6 cm³/mol. The summed E-state index contributed by atoms with van der Waals surface area (Å²) in [7, 11) is -16.9. The molecular formula is C11H17FNO14P3. The van der Waals surface area contributed by atoms with Gasteiger partial charge < -0.3 is 29.4 Å². The molecule has 0 aromatic rings. The van der Waals surface area contributed by atoms with Gasteiger partial charge in [-0.05, 0) is 13.0 Å². The molecular weight excluding hydrogens is 482 g/mol. The minimum absolute atomic E-state index is 0.542. The Morgan fingerprint density at radius 1 is 1.20 bits per heavy atom. The fourth-order valence-electron chi connectivity index (χ4n) is 2.58. The molecule has 2 unspecified atom stereocenters. The van der Waals surface area contributed by atoms with Gasteiger partial charge in [-0.3, -0.25) is 19.0 Å². The molecule has 1 saturated heterocycles. The second kappa shape index (κ2) is 8.58. The van der Waals surface area contributed by atoms with Gasteiger partial charge in [0.15, 0.2) is 17.7 Å². The molecule has 1 amide bonds. The lowest BCUT2D eigenvalue weighted by Crippen LogP contribution is -2.51. The Morgan fingerprint density at radius 3 is 2.33 bits per heavy atom. The first-order chi connectivity index (χ1) is 13.4. The summed E-state index contributed by atoms with van der Waals surface area (Å²) in [6.45, 7) is -0.268. The van der Waals surface area contributed by atoms with Crippen LogP contribution >= 0.6 is 23.5 Å². The molecule has 1 fully saturated rings. The van der Waals surface area contributed by atoms with E-state index in [4.69, 9.17) is 19.4 Å². The Morgan fingerprint density at radius 2 is 1.80 bits per heavy atom. The fourth-order valence-corrected chi connectivity index (χ4v) is 5.61. The van der Waals surface area contributed by atoms with E-state index in [2.05, 4.69) is 13.1 Å². The van der Waals surface area contributed by atoms with E-state index in [1.165, 1.54) is 0 Å². The van der Waals surface area contributed by atoms with Crippen LogP contribution in [0.15, 0.2) is 12.3 Å². The third-order valence-corrected chi connectivity index (χ3v) is 7.62. The van der Waals surface area contributed by atoms with Crippen LogP contribution in [0.5, 0.6) is 0 Å². The highest BCUT2D eigenvalue weighted by molar-refractivity contribution is 7.66. The molecule has 0 aliphatic carbocycles. The molecule has 15 nitrogen and oxygen atoms in total. The van der Waals surface area contributed by atoms with Crippen molar-refractivity contribution >= 4 is 35.2 Å². The maximum Gasteiger partial charge on any atom is 0.490 e. The number of carbonyl (C=O) groups is 2. The molecule has 2 aliphatic heterocycles. The molecule has 30 heavy (non-hydrogen) atoms. The second-order valence-electron chi connectivity index (χ2n) is 6.27. The number of ketones is 1. The number of phosphoric acid groups is 3. The quantitative estimate of drug-likeness (QED) is 0.209. The molecule has 2 rings (SSSR count). The number of carbonyl (C=O) groups excluding carboxylic acids is 2. The van der Waals surface area contributed by atoms with E-state index in [1.54, 1.807) is 0 Å². The molecule has 19 heteroatoms. The zero-order valence-electron chi connectivity index (χ0n) is 14.9. The molecule has 6 atom stereocenters. The summed E-state index contributed by atoms with van der Waals surface area (Å²) < 4.78 is 65.0. The van der Waals surface area contributed by atoms with Crippen LogP contribution < -0.4 is 0 Å². The van der Waals surface area contributed by atoms with Crippen LogP contribution in [-0.4, -0.2) is 72.0 Å². The van der Waals surface area contributed by atoms with Gasteiger partial charge >= 0.3 is 23.5 Å². The van der Waals surface area contributed by atoms with Crippen molar-refractivity contribution in [3.8, 4) is 0 Å². The maximum absolute atomic E-state index is 15.0. The third kappa shape index (κ3) is 6.33. The Balaban J connectivity index is 2.07. The first-order valence-corrected chi connectivity index (χ1v) is 12.3. The first-order valence-electron chi connectivity index (χ1n) is 7.76. The Labute approximate surface area is 167 Å². The van der Waals surface area contributed by atoms with Crippen molar-refractivity contribution in [1.82, 2.24) is 4.90 Å². The number of aliphatic hydroxyl groups excluding tert-OH is 1. The number of hydrogen-bond acceptors (Lipinski definition) is 10. The zero-order valence-corrected chi connectivity index (χ0v) is 17.6. The monoisotopic (exact) mass is 499 g/mol. The van der Waals surface area contributed by atoms with Gasteiger partial charge in [-0.2, -0.15) is 8.62 Å². The number of amides is 1.